The van der Waals surface area contributed by atoms with Crippen molar-refractivity contribution < 1.29 is 9.18 Å². The van der Waals surface area contributed by atoms with Crippen LogP contribution in [-0.4, -0.2) is 35.4 Å². The second kappa shape index (κ2) is 7.97. The van der Waals surface area contributed by atoms with E-state index in [0.717, 1.165) is 36.3 Å². The second-order valence-corrected chi connectivity index (χ2v) is 7.47. The molecule has 1 aliphatic rings. The van der Waals surface area contributed by atoms with Gasteiger partial charge in [-0.15, -0.1) is 0 Å². The van der Waals surface area contributed by atoms with Crippen LogP contribution in [0.5, 0.6) is 0 Å². The van der Waals surface area contributed by atoms with Gasteiger partial charge in [-0.2, -0.15) is 0 Å². The highest BCUT2D eigenvalue weighted by atomic mass is 19.1. The molecule has 1 fully saturated rings. The van der Waals surface area contributed by atoms with Crippen LogP contribution in [0.4, 0.5) is 10.1 Å². The fourth-order valence-corrected chi connectivity index (χ4v) is 3.86. The van der Waals surface area contributed by atoms with E-state index in [-0.39, 0.29) is 17.6 Å². The van der Waals surface area contributed by atoms with Crippen LogP contribution in [0.1, 0.15) is 17.7 Å². The molecule has 28 heavy (non-hydrogen) atoms. The van der Waals surface area contributed by atoms with E-state index in [9.17, 15) is 9.18 Å². The highest BCUT2D eigenvalue weighted by Gasteiger charge is 2.29. The lowest BCUT2D eigenvalue weighted by molar-refractivity contribution is -0.127. The summed E-state index contributed by atoms with van der Waals surface area (Å²) >= 11 is 0. The van der Waals surface area contributed by atoms with Crippen molar-refractivity contribution in [3.05, 3.63) is 71.7 Å². The molecule has 0 aliphatic carbocycles. The van der Waals surface area contributed by atoms with Crippen molar-refractivity contribution in [3.63, 3.8) is 0 Å². The largest absolute Gasteiger partial charge is 0.384 e. The molecule has 1 amide bonds. The maximum Gasteiger partial charge on any atom is 0.223 e. The van der Waals surface area contributed by atoms with Crippen molar-refractivity contribution in [2.24, 2.45) is 5.92 Å². The standard InChI is InChI=1S/C23H24FN3O/c1-16-12-21(19-8-5-9-20(24)23(19)26-16)25-14-18-13-22(28)27(15-18)11-10-17-6-3-2-4-7-17/h2-9,12,18H,10-11,13-15H2,1H3,(H,25,26). The topological polar surface area (TPSA) is 45.2 Å². The summed E-state index contributed by atoms with van der Waals surface area (Å²) in [4.78, 5) is 18.6. The SMILES string of the molecule is Cc1cc(NCC2CC(=O)N(CCc3ccccc3)C2)c2cccc(F)c2n1. The van der Waals surface area contributed by atoms with Gasteiger partial charge < -0.3 is 10.2 Å². The van der Waals surface area contributed by atoms with Gasteiger partial charge in [0.25, 0.3) is 0 Å². The van der Waals surface area contributed by atoms with Gasteiger partial charge in [0.2, 0.25) is 5.91 Å². The highest BCUT2D eigenvalue weighted by Crippen LogP contribution is 2.26. The number of halogens is 1. The minimum Gasteiger partial charge on any atom is -0.384 e. The lowest BCUT2D eigenvalue weighted by Gasteiger charge is -2.18. The number of aryl methyl sites for hydroxylation is 1. The first-order chi connectivity index (χ1) is 13.6. The molecule has 144 valence electrons. The average Bonchev–Trinajstić information content (AvgIpc) is 3.06. The Labute approximate surface area is 164 Å². The first-order valence-electron chi connectivity index (χ1n) is 9.71. The van der Waals surface area contributed by atoms with Crippen molar-refractivity contribution in [2.45, 2.75) is 19.8 Å². The summed E-state index contributed by atoms with van der Waals surface area (Å²) < 4.78 is 14.1. The Morgan fingerprint density at radius 3 is 2.82 bits per heavy atom. The van der Waals surface area contributed by atoms with E-state index in [4.69, 9.17) is 0 Å². The molecule has 4 nitrogen and oxygen atoms in total. The molecule has 0 saturated carbocycles. The smallest absolute Gasteiger partial charge is 0.223 e. The third kappa shape index (κ3) is 3.98. The Balaban J connectivity index is 1.39. The Morgan fingerprint density at radius 1 is 1.18 bits per heavy atom. The van der Waals surface area contributed by atoms with Crippen LogP contribution >= 0.6 is 0 Å². The number of fused-ring (bicyclic) bond motifs is 1. The Morgan fingerprint density at radius 2 is 2.00 bits per heavy atom. The van der Waals surface area contributed by atoms with E-state index in [1.54, 1.807) is 6.07 Å². The average molecular weight is 377 g/mol. The van der Waals surface area contributed by atoms with Gasteiger partial charge in [0, 0.05) is 48.7 Å². The minimum absolute atomic E-state index is 0.213. The number of para-hydroxylation sites is 1. The zero-order valence-corrected chi connectivity index (χ0v) is 16.0. The zero-order valence-electron chi connectivity index (χ0n) is 16.0. The number of hydrogen-bond donors (Lipinski definition) is 1. The Kier molecular flexibility index (Phi) is 5.24. The van der Waals surface area contributed by atoms with Crippen molar-refractivity contribution in [1.82, 2.24) is 9.88 Å². The normalized spacial score (nSPS) is 16.7. The van der Waals surface area contributed by atoms with E-state index >= 15 is 0 Å². The number of amides is 1. The number of rotatable bonds is 6. The molecular weight excluding hydrogens is 353 g/mol. The second-order valence-electron chi connectivity index (χ2n) is 7.47. The van der Waals surface area contributed by atoms with Crippen LogP contribution in [0.3, 0.4) is 0 Å². The van der Waals surface area contributed by atoms with Crippen molar-refractivity contribution >= 4 is 22.5 Å². The first kappa shape index (κ1) is 18.4. The summed E-state index contributed by atoms with van der Waals surface area (Å²) in [6, 6.07) is 17.2. The van der Waals surface area contributed by atoms with Gasteiger partial charge >= 0.3 is 0 Å². The number of carbonyl (C=O) groups is 1. The number of nitrogens with one attached hydrogen (secondary N) is 1. The molecule has 0 spiro atoms. The molecule has 1 saturated heterocycles. The van der Waals surface area contributed by atoms with Crippen LogP contribution in [0.2, 0.25) is 0 Å². The molecule has 1 atom stereocenters. The maximum atomic E-state index is 14.1. The van der Waals surface area contributed by atoms with E-state index < -0.39 is 0 Å². The fourth-order valence-electron chi connectivity index (χ4n) is 3.86. The summed E-state index contributed by atoms with van der Waals surface area (Å²) in [7, 11) is 0. The van der Waals surface area contributed by atoms with E-state index in [2.05, 4.69) is 22.4 Å². The molecule has 2 aromatic carbocycles. The number of aromatic nitrogens is 1. The fraction of sp³-hybridized carbons (Fsp3) is 0.304. The number of benzene rings is 2. The third-order valence-electron chi connectivity index (χ3n) is 5.31. The molecule has 3 aromatic rings. The number of anilines is 1. The molecule has 1 aromatic heterocycles. The van der Waals surface area contributed by atoms with Gasteiger partial charge in [0.05, 0.1) is 0 Å². The molecule has 2 heterocycles. The minimum atomic E-state index is -0.313. The summed E-state index contributed by atoms with van der Waals surface area (Å²) in [6.07, 6.45) is 1.43. The Hall–Kier alpha value is -2.95. The number of likely N-dealkylation sites (tertiary alicyclic amines) is 1. The number of carbonyl (C=O) groups excluding carboxylic acids is 1. The molecule has 1 unspecified atom stereocenters. The van der Waals surface area contributed by atoms with Gasteiger partial charge in [0.1, 0.15) is 11.3 Å². The van der Waals surface area contributed by atoms with Gasteiger partial charge in [-0.05, 0) is 31.0 Å². The number of nitrogens with zero attached hydrogens (tertiary/aromatic N) is 2. The van der Waals surface area contributed by atoms with E-state index in [0.29, 0.717) is 18.5 Å². The van der Waals surface area contributed by atoms with Crippen LogP contribution in [-0.2, 0) is 11.2 Å². The molecule has 0 bridgehead atoms. The predicted octanol–water partition coefficient (Wildman–Crippen LogP) is 4.19. The van der Waals surface area contributed by atoms with Gasteiger partial charge in [-0.1, -0.05) is 42.5 Å². The summed E-state index contributed by atoms with van der Waals surface area (Å²) in [5, 5.41) is 4.20. The maximum absolute atomic E-state index is 14.1. The third-order valence-corrected chi connectivity index (χ3v) is 5.31. The van der Waals surface area contributed by atoms with Crippen LogP contribution in [0.15, 0.2) is 54.6 Å². The molecule has 5 heteroatoms. The van der Waals surface area contributed by atoms with E-state index in [1.807, 2.05) is 42.2 Å². The molecular formula is C23H24FN3O. The summed E-state index contributed by atoms with van der Waals surface area (Å²) in [5.41, 5.74) is 3.28. The van der Waals surface area contributed by atoms with Crippen LogP contribution < -0.4 is 5.32 Å². The Bertz CT molecular complexity index is 990. The quantitative estimate of drug-likeness (QED) is 0.701. The van der Waals surface area contributed by atoms with E-state index in [1.165, 1.54) is 11.6 Å². The van der Waals surface area contributed by atoms with Crippen LogP contribution in [0.25, 0.3) is 10.9 Å². The molecule has 0 radical (unpaired) electrons. The van der Waals surface area contributed by atoms with Crippen LogP contribution in [0, 0.1) is 18.7 Å². The molecule has 4 rings (SSSR count). The zero-order chi connectivity index (χ0) is 19.5. The predicted molar refractivity (Wildman–Crippen MR) is 110 cm³/mol. The number of hydrogen-bond acceptors (Lipinski definition) is 3. The van der Waals surface area contributed by atoms with Crippen molar-refractivity contribution in [3.8, 4) is 0 Å². The highest BCUT2D eigenvalue weighted by molar-refractivity contribution is 5.91. The lowest BCUT2D eigenvalue weighted by atomic mass is 10.1. The molecule has 1 aliphatic heterocycles. The first-order valence-corrected chi connectivity index (χ1v) is 9.71. The van der Waals surface area contributed by atoms with Gasteiger partial charge in [0.15, 0.2) is 0 Å². The lowest BCUT2D eigenvalue weighted by Crippen LogP contribution is -2.28. The van der Waals surface area contributed by atoms with Gasteiger partial charge in [-0.3, -0.25) is 4.79 Å². The summed E-state index contributed by atoms with van der Waals surface area (Å²) in [6.45, 7) is 4.06. The monoisotopic (exact) mass is 377 g/mol. The van der Waals surface area contributed by atoms with Gasteiger partial charge in [-0.25, -0.2) is 9.37 Å². The van der Waals surface area contributed by atoms with Crippen molar-refractivity contribution in [2.75, 3.05) is 25.0 Å². The molecule has 1 N–H and O–H groups in total. The van der Waals surface area contributed by atoms with Crippen molar-refractivity contribution in [1.29, 1.82) is 0 Å². The number of pyridine rings is 1. The summed E-state index contributed by atoms with van der Waals surface area (Å²) in [5.74, 6) is 0.150.